The van der Waals surface area contributed by atoms with E-state index in [1.165, 1.54) is 37.7 Å². The Labute approximate surface area is 244 Å². The molecule has 40 heavy (non-hydrogen) atoms. The molecule has 0 radical (unpaired) electrons. The lowest BCUT2D eigenvalue weighted by Crippen LogP contribution is -2.55. The number of aromatic hydroxyl groups is 1. The first-order valence-corrected chi connectivity index (χ1v) is 15.5. The molecule has 9 heteroatoms. The van der Waals surface area contributed by atoms with E-state index in [2.05, 4.69) is 62.2 Å². The number of fused-ring (bicyclic) bond motifs is 6. The normalized spacial score (nSPS) is 23.4. The van der Waals surface area contributed by atoms with Crippen molar-refractivity contribution >= 4 is 38.2 Å². The highest BCUT2D eigenvalue weighted by Gasteiger charge is 2.44. The number of ether oxygens (including phenoxy) is 1. The first-order valence-electron chi connectivity index (χ1n) is 14.7. The third kappa shape index (κ3) is 5.01. The van der Waals surface area contributed by atoms with Gasteiger partial charge < -0.3 is 29.9 Å². The molecule has 2 N–H and O–H groups in total. The molecule has 1 aliphatic carbocycles. The minimum Gasteiger partial charge on any atom is -0.508 e. The predicted molar refractivity (Wildman–Crippen MR) is 163 cm³/mol. The molecule has 1 aromatic heterocycles. The van der Waals surface area contributed by atoms with E-state index in [0.717, 1.165) is 65.0 Å². The average molecular weight is 608 g/mol. The largest absolute Gasteiger partial charge is 0.508 e. The number of rotatable bonds is 7. The lowest BCUT2D eigenvalue weighted by molar-refractivity contribution is 0.182. The average Bonchev–Trinajstić information content (AvgIpc) is 3.75. The second-order valence-electron chi connectivity index (χ2n) is 12.6. The number of hydrogen-bond donors (Lipinski definition) is 2. The Morgan fingerprint density at radius 1 is 1.20 bits per heavy atom. The van der Waals surface area contributed by atoms with Crippen LogP contribution in [0.25, 0.3) is 10.8 Å². The van der Waals surface area contributed by atoms with Gasteiger partial charge in [0.2, 0.25) is 0 Å². The fourth-order valence-corrected chi connectivity index (χ4v) is 7.66. The standard InChI is InChI=1S/C31H39BrN6O2/c1-36(2)18-31(10-11-31)19-40-30-34-26-17-37(27-14-23(39)13-20-5-3-8-25(32)28(20)27)12-9-24(26)29(35-30)38-16-21-6-4-7-22(38)15-33-21/h3,5,8,13-14,21-22,33,39H,4,6-7,9-12,15-19H2,1-2H3. The molecule has 1 saturated carbocycles. The van der Waals surface area contributed by atoms with Crippen LogP contribution in [0, 0.1) is 5.41 Å². The lowest BCUT2D eigenvalue weighted by atomic mass is 10.0. The summed E-state index contributed by atoms with van der Waals surface area (Å²) in [5.74, 6) is 1.36. The van der Waals surface area contributed by atoms with E-state index in [9.17, 15) is 5.11 Å². The Balaban J connectivity index is 1.25. The first-order chi connectivity index (χ1) is 19.4. The quantitative estimate of drug-likeness (QED) is 0.400. The van der Waals surface area contributed by atoms with Gasteiger partial charge >= 0.3 is 6.01 Å². The third-order valence-electron chi connectivity index (χ3n) is 9.23. The summed E-state index contributed by atoms with van der Waals surface area (Å²) in [4.78, 5) is 17.4. The number of phenolic OH excluding ortho intramolecular Hbond substituents is 1. The molecule has 2 atom stereocenters. The van der Waals surface area contributed by atoms with E-state index in [1.54, 1.807) is 0 Å². The van der Waals surface area contributed by atoms with E-state index in [0.29, 0.717) is 31.2 Å². The monoisotopic (exact) mass is 606 g/mol. The van der Waals surface area contributed by atoms with E-state index in [-0.39, 0.29) is 11.2 Å². The van der Waals surface area contributed by atoms with Gasteiger partial charge in [0, 0.05) is 70.9 Å². The molecular weight excluding hydrogens is 568 g/mol. The summed E-state index contributed by atoms with van der Waals surface area (Å²) in [5, 5.41) is 16.5. The molecule has 2 bridgehead atoms. The summed E-state index contributed by atoms with van der Waals surface area (Å²) in [6, 6.07) is 11.3. The van der Waals surface area contributed by atoms with Gasteiger partial charge in [0.25, 0.3) is 0 Å². The summed E-state index contributed by atoms with van der Waals surface area (Å²) >= 11 is 3.76. The number of benzene rings is 2. The van der Waals surface area contributed by atoms with Crippen molar-refractivity contribution in [2.24, 2.45) is 5.41 Å². The molecule has 3 saturated heterocycles. The maximum Gasteiger partial charge on any atom is 0.318 e. The van der Waals surface area contributed by atoms with Crippen molar-refractivity contribution in [2.45, 2.75) is 57.2 Å². The van der Waals surface area contributed by atoms with Crippen LogP contribution in [-0.4, -0.2) is 78.9 Å². The number of halogens is 1. The van der Waals surface area contributed by atoms with E-state index in [1.807, 2.05) is 18.2 Å². The minimum absolute atomic E-state index is 0.216. The Bertz CT molecular complexity index is 1420. The molecule has 3 aromatic rings. The predicted octanol–water partition coefficient (Wildman–Crippen LogP) is 4.71. The number of hydrogen-bond acceptors (Lipinski definition) is 8. The SMILES string of the molecule is CN(C)CC1(COc2nc3c(c(N4CC5CCCC4CN5)n2)CCN(c2cc(O)cc4cccc(Br)c24)C3)CC1. The maximum atomic E-state index is 10.6. The summed E-state index contributed by atoms with van der Waals surface area (Å²) < 4.78 is 7.46. The minimum atomic E-state index is 0.216. The molecule has 0 amide bonds. The smallest absolute Gasteiger partial charge is 0.318 e. The van der Waals surface area contributed by atoms with Gasteiger partial charge in [-0.15, -0.1) is 0 Å². The Kier molecular flexibility index (Phi) is 6.79. The van der Waals surface area contributed by atoms with Crippen LogP contribution in [0.2, 0.25) is 0 Å². The zero-order valence-electron chi connectivity index (χ0n) is 23.5. The van der Waals surface area contributed by atoms with Gasteiger partial charge in [-0.2, -0.15) is 9.97 Å². The fourth-order valence-electron chi connectivity index (χ4n) is 7.08. The van der Waals surface area contributed by atoms with Crippen molar-refractivity contribution in [1.29, 1.82) is 0 Å². The molecular formula is C31H39BrN6O2. The zero-order chi connectivity index (χ0) is 27.4. The molecule has 5 heterocycles. The van der Waals surface area contributed by atoms with Crippen LogP contribution < -0.4 is 19.9 Å². The molecule has 2 unspecified atom stereocenters. The van der Waals surface area contributed by atoms with E-state index in [4.69, 9.17) is 14.7 Å². The van der Waals surface area contributed by atoms with Crippen LogP contribution in [0.5, 0.6) is 11.8 Å². The maximum absolute atomic E-state index is 10.6. The van der Waals surface area contributed by atoms with Crippen molar-refractivity contribution in [3.8, 4) is 11.8 Å². The number of anilines is 2. The number of phenols is 1. The van der Waals surface area contributed by atoms with E-state index < -0.39 is 0 Å². The molecule has 212 valence electrons. The summed E-state index contributed by atoms with van der Waals surface area (Å²) in [6.07, 6.45) is 6.92. The van der Waals surface area contributed by atoms with Crippen LogP contribution in [-0.2, 0) is 13.0 Å². The summed E-state index contributed by atoms with van der Waals surface area (Å²) in [6.45, 7) is 5.19. The van der Waals surface area contributed by atoms with Crippen molar-refractivity contribution in [2.75, 3.05) is 56.7 Å². The lowest BCUT2D eigenvalue weighted by Gasteiger charge is -2.41. The topological polar surface area (TPSA) is 77.0 Å². The first kappa shape index (κ1) is 26.3. The molecule has 4 fully saturated rings. The second-order valence-corrected chi connectivity index (χ2v) is 13.5. The van der Waals surface area contributed by atoms with Gasteiger partial charge in [-0.1, -0.05) is 28.1 Å². The Morgan fingerprint density at radius 3 is 2.90 bits per heavy atom. The van der Waals surface area contributed by atoms with Crippen LogP contribution >= 0.6 is 15.9 Å². The molecule has 4 aliphatic heterocycles. The Morgan fingerprint density at radius 2 is 2.08 bits per heavy atom. The third-order valence-corrected chi connectivity index (χ3v) is 9.89. The van der Waals surface area contributed by atoms with Crippen molar-refractivity contribution < 1.29 is 9.84 Å². The van der Waals surface area contributed by atoms with Gasteiger partial charge in [-0.3, -0.25) is 0 Å². The van der Waals surface area contributed by atoms with Crippen molar-refractivity contribution in [3.05, 3.63) is 46.1 Å². The molecule has 8 nitrogen and oxygen atoms in total. The highest BCUT2D eigenvalue weighted by atomic mass is 79.9. The van der Waals surface area contributed by atoms with Gasteiger partial charge in [-0.05, 0) is 70.1 Å². The van der Waals surface area contributed by atoms with Gasteiger partial charge in [0.1, 0.15) is 11.6 Å². The number of aromatic nitrogens is 2. The van der Waals surface area contributed by atoms with Crippen LogP contribution in [0.1, 0.15) is 43.4 Å². The highest BCUT2D eigenvalue weighted by molar-refractivity contribution is 9.10. The van der Waals surface area contributed by atoms with Crippen LogP contribution in [0.3, 0.4) is 0 Å². The summed E-state index contributed by atoms with van der Waals surface area (Å²) in [5.41, 5.74) is 3.54. The van der Waals surface area contributed by atoms with Crippen LogP contribution in [0.4, 0.5) is 11.5 Å². The highest BCUT2D eigenvalue weighted by Crippen LogP contribution is 2.46. The van der Waals surface area contributed by atoms with E-state index >= 15 is 0 Å². The van der Waals surface area contributed by atoms with Gasteiger partial charge in [-0.25, -0.2) is 0 Å². The number of nitrogens with one attached hydrogen (secondary N) is 1. The molecule has 5 aliphatic rings. The molecule has 2 aromatic carbocycles. The van der Waals surface area contributed by atoms with Gasteiger partial charge in [0.05, 0.1) is 18.8 Å². The van der Waals surface area contributed by atoms with Crippen LogP contribution in [0.15, 0.2) is 34.8 Å². The fraction of sp³-hybridized carbons (Fsp3) is 0.548. The molecule has 8 rings (SSSR count). The second kappa shape index (κ2) is 10.3. The summed E-state index contributed by atoms with van der Waals surface area (Å²) in [7, 11) is 4.27. The van der Waals surface area contributed by atoms with Gasteiger partial charge in [0.15, 0.2) is 0 Å². The number of piperazine rings is 1. The van der Waals surface area contributed by atoms with Crippen molar-refractivity contribution in [1.82, 2.24) is 20.2 Å². The zero-order valence-corrected chi connectivity index (χ0v) is 25.1. The van der Waals surface area contributed by atoms with Crippen molar-refractivity contribution in [3.63, 3.8) is 0 Å². The Hall–Kier alpha value is -2.62. The molecule has 0 spiro atoms. The number of nitrogens with zero attached hydrogens (tertiary/aromatic N) is 5.